The van der Waals surface area contributed by atoms with Crippen molar-refractivity contribution in [2.75, 3.05) is 13.7 Å². The molecular weight excluding hydrogens is 473 g/mol. The van der Waals surface area contributed by atoms with Gasteiger partial charge in [0.2, 0.25) is 5.60 Å². The molecule has 0 aromatic carbocycles. The first-order chi connectivity index (χ1) is 16.8. The van der Waals surface area contributed by atoms with Crippen LogP contribution in [0.1, 0.15) is 85.5 Å². The van der Waals surface area contributed by atoms with Gasteiger partial charge in [0.1, 0.15) is 6.10 Å². The highest BCUT2D eigenvalue weighted by atomic mass is 19.4. The Morgan fingerprint density at radius 2 is 1.64 bits per heavy atom. The molecule has 0 N–H and O–H groups in total. The number of halogens is 3. The van der Waals surface area contributed by atoms with Gasteiger partial charge in [-0.25, -0.2) is 0 Å². The van der Waals surface area contributed by atoms with Gasteiger partial charge < -0.3 is 14.2 Å². The van der Waals surface area contributed by atoms with E-state index in [1.807, 2.05) is 0 Å². The molecule has 0 spiro atoms. The van der Waals surface area contributed by atoms with Crippen molar-refractivity contribution >= 4 is 11.9 Å². The van der Waals surface area contributed by atoms with E-state index in [0.29, 0.717) is 36.7 Å². The molecule has 0 bridgehead atoms. The molecule has 4 rings (SSSR count). The minimum absolute atomic E-state index is 0.0449. The smallest absolute Gasteiger partial charge is 0.428 e. The zero-order valence-electron chi connectivity index (χ0n) is 22.4. The molecule has 8 heteroatoms. The van der Waals surface area contributed by atoms with Gasteiger partial charge in [-0.05, 0) is 105 Å². The molecule has 0 aromatic rings. The third kappa shape index (κ3) is 4.80. The zero-order valence-corrected chi connectivity index (χ0v) is 22.4. The van der Waals surface area contributed by atoms with Crippen LogP contribution in [0.5, 0.6) is 0 Å². The Bertz CT molecular complexity index is 830. The van der Waals surface area contributed by atoms with Gasteiger partial charge in [-0.1, -0.05) is 13.8 Å². The van der Waals surface area contributed by atoms with Gasteiger partial charge in [-0.3, -0.25) is 9.59 Å². The van der Waals surface area contributed by atoms with E-state index in [0.717, 1.165) is 45.4 Å². The van der Waals surface area contributed by atoms with E-state index in [4.69, 9.17) is 14.2 Å². The van der Waals surface area contributed by atoms with Crippen LogP contribution in [0.2, 0.25) is 0 Å². The third-order valence-corrected chi connectivity index (χ3v) is 10.8. The number of carbonyl (C=O) groups is 2. The molecular formula is C28H43F3O5. The fourth-order valence-corrected chi connectivity index (χ4v) is 9.38. The number of hydrogen-bond donors (Lipinski definition) is 0. The fraction of sp³-hybridized carbons (Fsp3) is 0.929. The molecule has 0 unspecified atom stereocenters. The highest BCUT2D eigenvalue weighted by Gasteiger charge is 2.64. The largest absolute Gasteiger partial charge is 0.460 e. The van der Waals surface area contributed by atoms with Gasteiger partial charge in [0.05, 0.1) is 6.61 Å². The van der Waals surface area contributed by atoms with Crippen LogP contribution in [0.15, 0.2) is 0 Å². The minimum Gasteiger partial charge on any atom is -0.460 e. The lowest BCUT2D eigenvalue weighted by atomic mass is 9.48. The van der Waals surface area contributed by atoms with Crippen molar-refractivity contribution in [3.63, 3.8) is 0 Å². The van der Waals surface area contributed by atoms with E-state index in [9.17, 15) is 22.8 Å². The molecule has 36 heavy (non-hydrogen) atoms. The van der Waals surface area contributed by atoms with Gasteiger partial charge in [-0.2, -0.15) is 13.2 Å². The van der Waals surface area contributed by atoms with Crippen molar-refractivity contribution in [2.24, 2.45) is 46.8 Å². The van der Waals surface area contributed by atoms with Crippen LogP contribution in [0.3, 0.4) is 0 Å². The number of carbonyl (C=O) groups excluding carboxylic acids is 2. The predicted molar refractivity (Wildman–Crippen MR) is 128 cm³/mol. The van der Waals surface area contributed by atoms with E-state index in [1.54, 1.807) is 7.11 Å². The first-order valence-corrected chi connectivity index (χ1v) is 13.8. The number of methoxy groups -OCH3 is 1. The maximum atomic E-state index is 14.1. The minimum atomic E-state index is -4.54. The monoisotopic (exact) mass is 516 g/mol. The second-order valence-corrected chi connectivity index (χ2v) is 12.5. The second-order valence-electron chi connectivity index (χ2n) is 12.5. The summed E-state index contributed by atoms with van der Waals surface area (Å²) in [5.41, 5.74) is -2.18. The van der Waals surface area contributed by atoms with E-state index >= 15 is 0 Å². The molecule has 4 saturated carbocycles. The van der Waals surface area contributed by atoms with Gasteiger partial charge in [0.25, 0.3) is 0 Å². The van der Waals surface area contributed by atoms with Gasteiger partial charge in [-0.15, -0.1) is 0 Å². The highest BCUT2D eigenvalue weighted by Crippen LogP contribution is 2.66. The maximum Gasteiger partial charge on any atom is 0.428 e. The van der Waals surface area contributed by atoms with E-state index in [1.165, 1.54) is 6.92 Å². The Labute approximate surface area is 213 Å². The number of rotatable bonds is 6. The number of hydrogen-bond acceptors (Lipinski definition) is 5. The van der Waals surface area contributed by atoms with Crippen molar-refractivity contribution in [3.05, 3.63) is 0 Å². The molecule has 206 valence electrons. The lowest BCUT2D eigenvalue weighted by Gasteiger charge is -2.58. The molecule has 0 radical (unpaired) electrons. The summed E-state index contributed by atoms with van der Waals surface area (Å²) in [6.07, 6.45) is 1.50. The molecule has 0 aliphatic heterocycles. The van der Waals surface area contributed by atoms with Crippen LogP contribution in [0.25, 0.3) is 0 Å². The van der Waals surface area contributed by atoms with Crippen LogP contribution in [-0.2, 0) is 23.8 Å². The van der Waals surface area contributed by atoms with E-state index in [-0.39, 0.29) is 48.1 Å². The average Bonchev–Trinajstić information content (AvgIpc) is 3.13. The number of ether oxygens (including phenoxy) is 3. The summed E-state index contributed by atoms with van der Waals surface area (Å²) in [4.78, 5) is 23.3. The van der Waals surface area contributed by atoms with Gasteiger partial charge in [0.15, 0.2) is 0 Å². The van der Waals surface area contributed by atoms with Gasteiger partial charge in [0, 0.05) is 21.0 Å². The molecule has 0 saturated heterocycles. The number of fused-ring (bicyclic) bond motifs is 5. The Hall–Kier alpha value is -1.31. The summed E-state index contributed by atoms with van der Waals surface area (Å²) in [6, 6.07) is 0. The Kier molecular flexibility index (Phi) is 7.78. The number of esters is 2. The Balaban J connectivity index is 1.49. The second kappa shape index (κ2) is 10.1. The Morgan fingerprint density at radius 1 is 0.944 bits per heavy atom. The molecule has 4 fully saturated rings. The molecule has 4 aliphatic rings. The van der Waals surface area contributed by atoms with Crippen LogP contribution >= 0.6 is 0 Å². The molecule has 0 amide bonds. The van der Waals surface area contributed by atoms with Crippen LogP contribution < -0.4 is 0 Å². The molecule has 10 atom stereocenters. The standard InChI is InChI=1S/C28H43F3O5/c1-16(25(15-34-5)35-17(2)32)23-8-9-24-22-7-6-19-14-27(28(29,30)31,36-18(3)33)13-11-20(19)21(22)10-12-26(23,24)4/h16,19-25H,6-15H2,1-5H3/t16-,19+,20-,21+,22+,23+,24-,25+,26+,27+/m0/s1. The van der Waals surface area contributed by atoms with Crippen LogP contribution in [0, 0.1) is 46.8 Å². The van der Waals surface area contributed by atoms with Crippen molar-refractivity contribution in [1.29, 1.82) is 0 Å². The van der Waals surface area contributed by atoms with Crippen molar-refractivity contribution < 1.29 is 37.0 Å². The first-order valence-electron chi connectivity index (χ1n) is 13.8. The maximum absolute atomic E-state index is 14.1. The number of alkyl halides is 3. The first kappa shape index (κ1) is 27.7. The van der Waals surface area contributed by atoms with E-state index < -0.39 is 17.7 Å². The summed E-state index contributed by atoms with van der Waals surface area (Å²) >= 11 is 0. The lowest BCUT2D eigenvalue weighted by molar-refractivity contribution is -0.289. The molecule has 0 heterocycles. The lowest BCUT2D eigenvalue weighted by Crippen LogP contribution is -2.57. The summed E-state index contributed by atoms with van der Waals surface area (Å²) < 4.78 is 58.3. The topological polar surface area (TPSA) is 61.8 Å². The normalized spacial score (nSPS) is 41.9. The molecule has 0 aromatic heterocycles. The average molecular weight is 517 g/mol. The molecule has 4 aliphatic carbocycles. The SMILES string of the molecule is COC[C@@H](OC(C)=O)[C@@H](C)[C@H]1CC[C@H]2[C@@H]3CC[C@@H]4C[C@@](OC(C)=O)(C(F)(F)F)CC[C@@H]4[C@H]3CC[C@]12C. The Morgan fingerprint density at radius 3 is 2.25 bits per heavy atom. The summed E-state index contributed by atoms with van der Waals surface area (Å²) in [5.74, 6) is 1.23. The van der Waals surface area contributed by atoms with Crippen LogP contribution in [0.4, 0.5) is 13.2 Å². The summed E-state index contributed by atoms with van der Waals surface area (Å²) in [6.45, 7) is 7.49. The van der Waals surface area contributed by atoms with Crippen molar-refractivity contribution in [3.8, 4) is 0 Å². The summed E-state index contributed by atoms with van der Waals surface area (Å²) in [5, 5.41) is 0. The summed E-state index contributed by atoms with van der Waals surface area (Å²) in [7, 11) is 1.63. The van der Waals surface area contributed by atoms with Crippen molar-refractivity contribution in [2.45, 2.75) is 103 Å². The molecule has 5 nitrogen and oxygen atoms in total. The third-order valence-electron chi connectivity index (χ3n) is 10.8. The fourth-order valence-electron chi connectivity index (χ4n) is 9.38. The van der Waals surface area contributed by atoms with E-state index in [2.05, 4.69) is 13.8 Å². The highest BCUT2D eigenvalue weighted by molar-refractivity contribution is 5.66. The van der Waals surface area contributed by atoms with Crippen LogP contribution in [-0.4, -0.2) is 43.5 Å². The predicted octanol–water partition coefficient (Wildman–Crippen LogP) is 6.33. The quantitative estimate of drug-likeness (QED) is 0.386. The van der Waals surface area contributed by atoms with Gasteiger partial charge >= 0.3 is 18.1 Å². The van der Waals surface area contributed by atoms with Crippen molar-refractivity contribution in [1.82, 2.24) is 0 Å². The zero-order chi connectivity index (χ0) is 26.5.